The monoisotopic (exact) mass is 324 g/mol. The molecule has 2 aromatic carbocycles. The summed E-state index contributed by atoms with van der Waals surface area (Å²) in [6.45, 7) is 3.67. The van der Waals surface area contributed by atoms with Gasteiger partial charge in [0.15, 0.2) is 0 Å². The van der Waals surface area contributed by atoms with Crippen LogP contribution in [0, 0.1) is 0 Å². The van der Waals surface area contributed by atoms with Gasteiger partial charge in [0.2, 0.25) is 0 Å². The van der Waals surface area contributed by atoms with Crippen molar-refractivity contribution in [2.75, 3.05) is 14.2 Å². The summed E-state index contributed by atoms with van der Waals surface area (Å²) < 4.78 is 10.2. The molecule has 1 N–H and O–H groups in total. The highest BCUT2D eigenvalue weighted by Crippen LogP contribution is 2.36. The van der Waals surface area contributed by atoms with Gasteiger partial charge in [-0.1, -0.05) is 48.6 Å². The Morgan fingerprint density at radius 2 is 1.92 bits per heavy atom. The Balaban J connectivity index is 2.60. The number of phenols is 1. The quantitative estimate of drug-likeness (QED) is 0.494. The molecule has 0 aliphatic heterocycles. The third kappa shape index (κ3) is 3.66. The Morgan fingerprint density at radius 3 is 2.50 bits per heavy atom. The summed E-state index contributed by atoms with van der Waals surface area (Å²) in [7, 11) is 2.80. The average Bonchev–Trinajstić information content (AvgIpc) is 2.62. The van der Waals surface area contributed by atoms with Crippen molar-refractivity contribution in [3.63, 3.8) is 0 Å². The summed E-state index contributed by atoms with van der Waals surface area (Å²) in [5.41, 5.74) is 2.11. The van der Waals surface area contributed by atoms with Crippen molar-refractivity contribution in [3.05, 3.63) is 71.3 Å². The molecule has 0 saturated heterocycles. The van der Waals surface area contributed by atoms with Gasteiger partial charge in [0.1, 0.15) is 17.1 Å². The average molecular weight is 324 g/mol. The number of carbonyl (C=O) groups is 1. The first-order valence-electron chi connectivity index (χ1n) is 7.47. The fourth-order valence-electron chi connectivity index (χ4n) is 2.43. The highest BCUT2D eigenvalue weighted by Gasteiger charge is 2.22. The molecule has 0 bridgehead atoms. The molecule has 0 amide bonds. The lowest BCUT2D eigenvalue weighted by Gasteiger charge is -2.15. The van der Waals surface area contributed by atoms with Gasteiger partial charge in [-0.25, -0.2) is 4.79 Å². The first-order chi connectivity index (χ1) is 11.6. The van der Waals surface area contributed by atoms with Crippen molar-refractivity contribution in [2.24, 2.45) is 0 Å². The van der Waals surface area contributed by atoms with Crippen LogP contribution in [-0.2, 0) is 11.2 Å². The minimum atomic E-state index is -0.604. The number of esters is 1. The molecule has 0 fully saturated rings. The molecule has 0 aliphatic rings. The van der Waals surface area contributed by atoms with Gasteiger partial charge < -0.3 is 14.6 Å². The number of benzene rings is 2. The number of hydrogen-bond donors (Lipinski definition) is 1. The van der Waals surface area contributed by atoms with Crippen molar-refractivity contribution >= 4 is 18.1 Å². The molecule has 0 heterocycles. The van der Waals surface area contributed by atoms with Crippen LogP contribution in [0.25, 0.3) is 12.2 Å². The van der Waals surface area contributed by atoms with E-state index in [0.29, 0.717) is 23.3 Å². The first-order valence-corrected chi connectivity index (χ1v) is 7.47. The molecular weight excluding hydrogens is 304 g/mol. The van der Waals surface area contributed by atoms with Crippen LogP contribution in [0.4, 0.5) is 0 Å². The van der Waals surface area contributed by atoms with E-state index in [2.05, 4.69) is 6.58 Å². The molecule has 0 radical (unpaired) electrons. The summed E-state index contributed by atoms with van der Waals surface area (Å²) in [5, 5.41) is 10.5. The minimum absolute atomic E-state index is 0.113. The highest BCUT2D eigenvalue weighted by molar-refractivity contribution is 5.98. The van der Waals surface area contributed by atoms with E-state index < -0.39 is 5.97 Å². The Hall–Kier alpha value is -3.01. The van der Waals surface area contributed by atoms with E-state index in [4.69, 9.17) is 9.47 Å². The molecule has 24 heavy (non-hydrogen) atoms. The number of aromatic hydroxyl groups is 1. The lowest BCUT2D eigenvalue weighted by molar-refractivity contribution is 0.0597. The predicted molar refractivity (Wildman–Crippen MR) is 95.3 cm³/mol. The maximum Gasteiger partial charge on any atom is 0.342 e. The third-order valence-electron chi connectivity index (χ3n) is 3.61. The number of phenolic OH excluding ortho intramolecular Hbond substituents is 1. The largest absolute Gasteiger partial charge is 0.507 e. The molecular formula is C20H20O4. The third-order valence-corrected chi connectivity index (χ3v) is 3.61. The van der Waals surface area contributed by atoms with Gasteiger partial charge in [-0.3, -0.25) is 0 Å². The highest BCUT2D eigenvalue weighted by atomic mass is 16.5. The van der Waals surface area contributed by atoms with Crippen LogP contribution in [0.5, 0.6) is 11.5 Å². The molecule has 0 spiro atoms. The standard InChI is InChI=1S/C20H20O4/c1-4-8-16-17(23-2)13-15(18(19(16)21)20(22)24-3)12-11-14-9-6-5-7-10-14/h4-7,9-13,21H,1,8H2,2-3H3/b12-11+. The molecule has 4 heteroatoms. The second kappa shape index (κ2) is 8.02. The number of hydrogen-bond acceptors (Lipinski definition) is 4. The van der Waals surface area contributed by atoms with Crippen LogP contribution in [0.3, 0.4) is 0 Å². The van der Waals surface area contributed by atoms with Crippen LogP contribution in [0.1, 0.15) is 27.0 Å². The van der Waals surface area contributed by atoms with Crippen LogP contribution in [0.15, 0.2) is 49.1 Å². The Kier molecular flexibility index (Phi) is 5.79. The summed E-state index contributed by atoms with van der Waals surface area (Å²) in [6, 6.07) is 11.4. The smallest absolute Gasteiger partial charge is 0.342 e. The zero-order chi connectivity index (χ0) is 17.5. The van der Waals surface area contributed by atoms with Crippen molar-refractivity contribution in [1.82, 2.24) is 0 Å². The van der Waals surface area contributed by atoms with E-state index in [-0.39, 0.29) is 11.3 Å². The van der Waals surface area contributed by atoms with E-state index >= 15 is 0 Å². The van der Waals surface area contributed by atoms with E-state index in [1.165, 1.54) is 14.2 Å². The summed E-state index contributed by atoms with van der Waals surface area (Å²) in [5.74, 6) is -0.255. The SMILES string of the molecule is C=CCc1c(OC)cc(/C=C/c2ccccc2)c(C(=O)OC)c1O. The normalized spacial score (nSPS) is 10.6. The molecule has 2 rings (SSSR count). The molecule has 0 aliphatic carbocycles. The van der Waals surface area contributed by atoms with Crippen LogP contribution in [-0.4, -0.2) is 25.3 Å². The number of rotatable bonds is 6. The molecule has 0 saturated carbocycles. The lowest BCUT2D eigenvalue weighted by atomic mass is 9.98. The summed E-state index contributed by atoms with van der Waals surface area (Å²) >= 11 is 0. The van der Waals surface area contributed by atoms with Crippen LogP contribution >= 0.6 is 0 Å². The lowest BCUT2D eigenvalue weighted by Crippen LogP contribution is -2.07. The van der Waals surface area contributed by atoms with Gasteiger partial charge in [0.25, 0.3) is 0 Å². The Labute approximate surface area is 141 Å². The molecule has 124 valence electrons. The topological polar surface area (TPSA) is 55.8 Å². The molecule has 2 aromatic rings. The van der Waals surface area contributed by atoms with Gasteiger partial charge in [-0.15, -0.1) is 6.58 Å². The fraction of sp³-hybridized carbons (Fsp3) is 0.150. The second-order valence-corrected chi connectivity index (χ2v) is 5.10. The number of methoxy groups -OCH3 is 2. The number of allylic oxidation sites excluding steroid dienone is 1. The maximum atomic E-state index is 12.1. The van der Waals surface area contributed by atoms with E-state index in [1.807, 2.05) is 36.4 Å². The van der Waals surface area contributed by atoms with Gasteiger partial charge in [0.05, 0.1) is 14.2 Å². The molecule has 0 unspecified atom stereocenters. The van der Waals surface area contributed by atoms with Gasteiger partial charge >= 0.3 is 5.97 Å². The van der Waals surface area contributed by atoms with E-state index in [0.717, 1.165) is 5.56 Å². The molecule has 0 aromatic heterocycles. The first kappa shape index (κ1) is 17.3. The van der Waals surface area contributed by atoms with Gasteiger partial charge in [-0.05, 0) is 23.6 Å². The van der Waals surface area contributed by atoms with Crippen molar-refractivity contribution in [1.29, 1.82) is 0 Å². The predicted octanol–water partition coefficient (Wildman–Crippen LogP) is 4.09. The minimum Gasteiger partial charge on any atom is -0.507 e. The van der Waals surface area contributed by atoms with E-state index in [9.17, 15) is 9.90 Å². The zero-order valence-corrected chi connectivity index (χ0v) is 13.8. The van der Waals surface area contributed by atoms with Gasteiger partial charge in [-0.2, -0.15) is 0 Å². The number of carbonyl (C=O) groups excluding carboxylic acids is 1. The zero-order valence-electron chi connectivity index (χ0n) is 13.8. The molecule has 4 nitrogen and oxygen atoms in total. The second-order valence-electron chi connectivity index (χ2n) is 5.10. The summed E-state index contributed by atoms with van der Waals surface area (Å²) in [6.07, 6.45) is 5.62. The van der Waals surface area contributed by atoms with Crippen LogP contribution in [0.2, 0.25) is 0 Å². The Bertz CT molecular complexity index is 761. The maximum absolute atomic E-state index is 12.1. The van der Waals surface area contributed by atoms with E-state index in [1.54, 1.807) is 18.2 Å². The number of ether oxygens (including phenoxy) is 2. The van der Waals surface area contributed by atoms with Crippen molar-refractivity contribution in [2.45, 2.75) is 6.42 Å². The summed E-state index contributed by atoms with van der Waals surface area (Å²) in [4.78, 5) is 12.1. The van der Waals surface area contributed by atoms with Crippen LogP contribution < -0.4 is 4.74 Å². The molecule has 0 atom stereocenters. The fourth-order valence-corrected chi connectivity index (χ4v) is 2.43. The van der Waals surface area contributed by atoms with Crippen molar-refractivity contribution in [3.8, 4) is 11.5 Å². The van der Waals surface area contributed by atoms with Gasteiger partial charge in [0, 0.05) is 5.56 Å². The Morgan fingerprint density at radius 1 is 1.21 bits per heavy atom. The van der Waals surface area contributed by atoms with Crippen molar-refractivity contribution < 1.29 is 19.4 Å².